The van der Waals surface area contributed by atoms with Gasteiger partial charge in [-0.3, -0.25) is 0 Å². The fraction of sp³-hybridized carbons (Fsp3) is 0.625. The molecule has 0 saturated carbocycles. The molecule has 3 heteroatoms. The first kappa shape index (κ1) is 16.0. The number of unbranched alkanes of at least 4 members (excludes halogenated alkanes) is 1. The van der Waals surface area contributed by atoms with Crippen molar-refractivity contribution in [1.29, 1.82) is 0 Å². The van der Waals surface area contributed by atoms with Gasteiger partial charge < -0.3 is 10.4 Å². The second-order valence-electron chi connectivity index (χ2n) is 5.25. The van der Waals surface area contributed by atoms with E-state index in [1.807, 2.05) is 6.92 Å². The van der Waals surface area contributed by atoms with Crippen molar-refractivity contribution in [1.82, 2.24) is 5.32 Å². The Morgan fingerprint density at radius 1 is 1.32 bits per heavy atom. The van der Waals surface area contributed by atoms with Gasteiger partial charge in [-0.15, -0.1) is 0 Å². The number of phenolic OH excluding ortho intramolecular Hbond substituents is 1. The average Bonchev–Trinajstić information content (AvgIpc) is 2.38. The molecule has 1 rings (SSSR count). The lowest BCUT2D eigenvalue weighted by atomic mass is 9.98. The van der Waals surface area contributed by atoms with Crippen LogP contribution in [0.25, 0.3) is 0 Å². The number of hydrogen-bond donors (Lipinski definition) is 2. The molecule has 1 aromatic carbocycles. The SMILES string of the molecule is CCCCC(CC)CNC(C)c1ccc(O)cc1F. The Hall–Kier alpha value is -1.09. The summed E-state index contributed by atoms with van der Waals surface area (Å²) in [6.45, 7) is 7.28. The minimum atomic E-state index is -0.346. The molecule has 0 amide bonds. The van der Waals surface area contributed by atoms with Crippen LogP contribution in [0.15, 0.2) is 18.2 Å². The van der Waals surface area contributed by atoms with Crippen LogP contribution in [-0.4, -0.2) is 11.7 Å². The maximum absolute atomic E-state index is 13.7. The van der Waals surface area contributed by atoms with E-state index in [1.165, 1.54) is 31.4 Å². The number of rotatable bonds is 8. The summed E-state index contributed by atoms with van der Waals surface area (Å²) in [5, 5.41) is 12.6. The molecule has 0 aliphatic rings. The standard InChI is InChI=1S/C16H26FNO/c1-4-6-7-13(5-2)11-18-12(3)15-9-8-14(19)10-16(15)17/h8-10,12-13,18-19H,4-7,11H2,1-3H3. The number of nitrogens with one attached hydrogen (secondary N) is 1. The Labute approximate surface area is 116 Å². The highest BCUT2D eigenvalue weighted by molar-refractivity contribution is 5.29. The van der Waals surface area contributed by atoms with Crippen LogP contribution in [0.1, 0.15) is 58.1 Å². The Kier molecular flexibility index (Phi) is 6.85. The Morgan fingerprint density at radius 3 is 2.63 bits per heavy atom. The van der Waals surface area contributed by atoms with Crippen molar-refractivity contribution in [2.45, 2.75) is 52.5 Å². The lowest BCUT2D eigenvalue weighted by molar-refractivity contribution is 0.393. The first-order chi connectivity index (χ1) is 9.08. The van der Waals surface area contributed by atoms with Crippen LogP contribution in [0.2, 0.25) is 0 Å². The molecular formula is C16H26FNO. The number of aromatic hydroxyl groups is 1. The Balaban J connectivity index is 2.51. The second-order valence-corrected chi connectivity index (χ2v) is 5.25. The van der Waals surface area contributed by atoms with Crippen molar-refractivity contribution in [3.05, 3.63) is 29.6 Å². The monoisotopic (exact) mass is 267 g/mol. The molecule has 0 radical (unpaired) electrons. The molecule has 0 saturated heterocycles. The predicted octanol–water partition coefficient (Wildman–Crippen LogP) is 4.40. The number of phenols is 1. The third kappa shape index (κ3) is 5.19. The third-order valence-corrected chi connectivity index (χ3v) is 3.71. The molecule has 0 heterocycles. The lowest BCUT2D eigenvalue weighted by Crippen LogP contribution is -2.26. The van der Waals surface area contributed by atoms with Crippen LogP contribution in [0, 0.1) is 11.7 Å². The third-order valence-electron chi connectivity index (χ3n) is 3.71. The van der Waals surface area contributed by atoms with Crippen LogP contribution in [0.4, 0.5) is 4.39 Å². The Morgan fingerprint density at radius 2 is 2.05 bits per heavy atom. The van der Waals surface area contributed by atoms with Gasteiger partial charge in [-0.05, 0) is 31.9 Å². The van der Waals surface area contributed by atoms with Crippen molar-refractivity contribution in [3.8, 4) is 5.75 Å². The molecule has 2 N–H and O–H groups in total. The van der Waals surface area contributed by atoms with Crippen molar-refractivity contribution in [2.24, 2.45) is 5.92 Å². The van der Waals surface area contributed by atoms with E-state index in [-0.39, 0.29) is 17.6 Å². The molecule has 0 spiro atoms. The summed E-state index contributed by atoms with van der Waals surface area (Å²) in [6.07, 6.45) is 4.85. The summed E-state index contributed by atoms with van der Waals surface area (Å²) in [4.78, 5) is 0. The van der Waals surface area contributed by atoms with Gasteiger partial charge in [0.1, 0.15) is 11.6 Å². The van der Waals surface area contributed by atoms with Gasteiger partial charge >= 0.3 is 0 Å². The molecule has 2 atom stereocenters. The van der Waals surface area contributed by atoms with E-state index >= 15 is 0 Å². The maximum atomic E-state index is 13.7. The zero-order valence-corrected chi connectivity index (χ0v) is 12.2. The summed E-state index contributed by atoms with van der Waals surface area (Å²) in [5.74, 6) is 0.284. The maximum Gasteiger partial charge on any atom is 0.131 e. The smallest absolute Gasteiger partial charge is 0.131 e. The zero-order chi connectivity index (χ0) is 14.3. The van der Waals surface area contributed by atoms with E-state index in [1.54, 1.807) is 6.07 Å². The van der Waals surface area contributed by atoms with Gasteiger partial charge in [0.2, 0.25) is 0 Å². The predicted molar refractivity (Wildman–Crippen MR) is 77.8 cm³/mol. The van der Waals surface area contributed by atoms with Crippen LogP contribution in [0.3, 0.4) is 0 Å². The summed E-state index contributed by atoms with van der Waals surface area (Å²) < 4.78 is 13.7. The second kappa shape index (κ2) is 8.16. The molecule has 0 aliphatic carbocycles. The highest BCUT2D eigenvalue weighted by atomic mass is 19.1. The molecule has 108 valence electrons. The van der Waals surface area contributed by atoms with Crippen LogP contribution >= 0.6 is 0 Å². The van der Waals surface area contributed by atoms with Gasteiger partial charge in [0.15, 0.2) is 0 Å². The summed E-state index contributed by atoms with van der Waals surface area (Å²) in [7, 11) is 0. The highest BCUT2D eigenvalue weighted by Crippen LogP contribution is 2.21. The summed E-state index contributed by atoms with van der Waals surface area (Å²) >= 11 is 0. The first-order valence-corrected chi connectivity index (χ1v) is 7.30. The minimum absolute atomic E-state index is 0.0252. The van der Waals surface area contributed by atoms with Gasteiger partial charge in [0.05, 0.1) is 0 Å². The van der Waals surface area contributed by atoms with Crippen molar-refractivity contribution >= 4 is 0 Å². The fourth-order valence-corrected chi connectivity index (χ4v) is 2.26. The van der Waals surface area contributed by atoms with E-state index in [4.69, 9.17) is 0 Å². The largest absolute Gasteiger partial charge is 0.508 e. The van der Waals surface area contributed by atoms with Gasteiger partial charge in [0.25, 0.3) is 0 Å². The van der Waals surface area contributed by atoms with Crippen LogP contribution in [-0.2, 0) is 0 Å². The Bertz CT molecular complexity index is 381. The van der Waals surface area contributed by atoms with Crippen molar-refractivity contribution < 1.29 is 9.50 Å². The van der Waals surface area contributed by atoms with Gasteiger partial charge in [0, 0.05) is 17.7 Å². The van der Waals surface area contributed by atoms with E-state index in [0.29, 0.717) is 11.5 Å². The van der Waals surface area contributed by atoms with Gasteiger partial charge in [-0.2, -0.15) is 0 Å². The minimum Gasteiger partial charge on any atom is -0.508 e. The van der Waals surface area contributed by atoms with E-state index < -0.39 is 0 Å². The zero-order valence-electron chi connectivity index (χ0n) is 12.2. The summed E-state index contributed by atoms with van der Waals surface area (Å²) in [6, 6.07) is 4.32. The van der Waals surface area contributed by atoms with Gasteiger partial charge in [-0.25, -0.2) is 4.39 Å². The molecule has 2 nitrogen and oxygen atoms in total. The molecule has 19 heavy (non-hydrogen) atoms. The highest BCUT2D eigenvalue weighted by Gasteiger charge is 2.13. The molecule has 2 unspecified atom stereocenters. The molecule has 0 aliphatic heterocycles. The normalized spacial score (nSPS) is 14.3. The number of halogens is 1. The van der Waals surface area contributed by atoms with Crippen molar-refractivity contribution in [2.75, 3.05) is 6.54 Å². The van der Waals surface area contributed by atoms with Gasteiger partial charge in [-0.1, -0.05) is 39.2 Å². The van der Waals surface area contributed by atoms with Crippen molar-refractivity contribution in [3.63, 3.8) is 0 Å². The average molecular weight is 267 g/mol. The quantitative estimate of drug-likeness (QED) is 0.731. The fourth-order valence-electron chi connectivity index (χ4n) is 2.26. The van der Waals surface area contributed by atoms with Crippen LogP contribution < -0.4 is 5.32 Å². The summed E-state index contributed by atoms with van der Waals surface area (Å²) in [5.41, 5.74) is 0.614. The van der Waals surface area contributed by atoms with E-state index in [0.717, 1.165) is 13.0 Å². The topological polar surface area (TPSA) is 32.3 Å². The molecular weight excluding hydrogens is 241 g/mol. The lowest BCUT2D eigenvalue weighted by Gasteiger charge is -2.20. The number of benzene rings is 1. The van der Waals surface area contributed by atoms with Crippen LogP contribution in [0.5, 0.6) is 5.75 Å². The number of hydrogen-bond acceptors (Lipinski definition) is 2. The molecule has 1 aromatic rings. The molecule has 0 fully saturated rings. The molecule has 0 bridgehead atoms. The first-order valence-electron chi connectivity index (χ1n) is 7.30. The van der Waals surface area contributed by atoms with E-state index in [9.17, 15) is 9.50 Å². The molecule has 0 aromatic heterocycles. The van der Waals surface area contributed by atoms with E-state index in [2.05, 4.69) is 19.2 Å².